The summed E-state index contributed by atoms with van der Waals surface area (Å²) in [6.45, 7) is 0.550. The number of nitrogens with one attached hydrogen (secondary N) is 3. The van der Waals surface area contributed by atoms with Crippen LogP contribution >= 0.6 is 34.9 Å². The molecule has 0 aromatic carbocycles. The van der Waals surface area contributed by atoms with Gasteiger partial charge in [-0.1, -0.05) is 22.7 Å². The van der Waals surface area contributed by atoms with Crippen LogP contribution in [0.5, 0.6) is 0 Å². The first kappa shape index (κ1) is 9.56. The molecule has 8 heteroatoms. The topological polar surface area (TPSA) is 73.6 Å². The van der Waals surface area contributed by atoms with E-state index in [-0.39, 0.29) is 4.87 Å². The van der Waals surface area contributed by atoms with Crippen molar-refractivity contribution in [3.63, 3.8) is 0 Å². The summed E-state index contributed by atoms with van der Waals surface area (Å²) in [5.74, 6) is 0. The minimum absolute atomic E-state index is 0.0449. The van der Waals surface area contributed by atoms with Gasteiger partial charge < -0.3 is 10.3 Å². The van der Waals surface area contributed by atoms with Gasteiger partial charge in [0.05, 0.1) is 6.54 Å². The summed E-state index contributed by atoms with van der Waals surface area (Å²) in [6, 6.07) is 0. The van der Waals surface area contributed by atoms with Crippen molar-refractivity contribution < 1.29 is 0 Å². The molecular formula is C6H6N4OS3. The molecule has 0 spiro atoms. The predicted molar refractivity (Wildman–Crippen MR) is 59.6 cm³/mol. The molecule has 5 nitrogen and oxygen atoms in total. The average Bonchev–Trinajstić information content (AvgIpc) is 2.72. The Balaban J connectivity index is 2.01. The Morgan fingerprint density at radius 1 is 1.64 bits per heavy atom. The van der Waals surface area contributed by atoms with Crippen LogP contribution in [0.4, 0.5) is 5.13 Å². The highest BCUT2D eigenvalue weighted by atomic mass is 32.1. The van der Waals surface area contributed by atoms with Crippen LogP contribution in [0.1, 0.15) is 5.69 Å². The highest BCUT2D eigenvalue weighted by Gasteiger charge is 1.98. The molecule has 14 heavy (non-hydrogen) atoms. The lowest BCUT2D eigenvalue weighted by Gasteiger charge is -1.96. The second-order valence-electron chi connectivity index (χ2n) is 2.45. The lowest BCUT2D eigenvalue weighted by Crippen LogP contribution is -2.02. The molecule has 2 aromatic heterocycles. The maximum absolute atomic E-state index is 10.8. The van der Waals surface area contributed by atoms with Crippen LogP contribution in [-0.4, -0.2) is 15.2 Å². The zero-order chi connectivity index (χ0) is 9.97. The molecule has 2 heterocycles. The van der Waals surface area contributed by atoms with Crippen molar-refractivity contribution in [1.82, 2.24) is 15.2 Å². The number of rotatable bonds is 3. The van der Waals surface area contributed by atoms with E-state index in [1.165, 1.54) is 11.3 Å². The maximum atomic E-state index is 10.8. The van der Waals surface area contributed by atoms with Gasteiger partial charge in [-0.25, -0.2) is 0 Å². The quantitative estimate of drug-likeness (QED) is 0.719. The lowest BCUT2D eigenvalue weighted by atomic mass is 10.5. The number of H-pyrrole nitrogens is 2. The SMILES string of the molecule is O=c1[nH]c(CNc2n[nH]c(=S)s2)cs1. The molecule has 0 saturated heterocycles. The van der Waals surface area contributed by atoms with Gasteiger partial charge in [0.15, 0.2) is 3.95 Å². The molecule has 2 rings (SSSR count). The third kappa shape index (κ3) is 2.28. The molecule has 0 aliphatic carbocycles. The molecular weight excluding hydrogens is 240 g/mol. The first-order valence-corrected chi connectivity index (χ1v) is 5.80. The van der Waals surface area contributed by atoms with E-state index in [0.29, 0.717) is 10.5 Å². The summed E-state index contributed by atoms with van der Waals surface area (Å²) >= 11 is 7.38. The van der Waals surface area contributed by atoms with E-state index in [1.807, 2.05) is 0 Å². The molecule has 0 unspecified atom stereocenters. The Labute approximate surface area is 91.8 Å². The van der Waals surface area contributed by atoms with Crippen molar-refractivity contribution in [2.75, 3.05) is 5.32 Å². The number of aromatic amines is 2. The standard InChI is InChI=1S/C6H6N4OS3/c11-5-8-3(2-13-5)1-7-4-9-10-6(12)14-4/h2H,1H2,(H,7,9)(H,8,11)(H,10,12). The van der Waals surface area contributed by atoms with Crippen LogP contribution in [0.25, 0.3) is 0 Å². The molecule has 0 saturated carbocycles. The molecule has 0 aliphatic rings. The Hall–Kier alpha value is -0.990. The summed E-state index contributed by atoms with van der Waals surface area (Å²) in [7, 11) is 0. The van der Waals surface area contributed by atoms with Gasteiger partial charge in [-0.3, -0.25) is 9.89 Å². The summed E-state index contributed by atoms with van der Waals surface area (Å²) in [5.41, 5.74) is 0.848. The maximum Gasteiger partial charge on any atom is 0.304 e. The molecule has 0 aliphatic heterocycles. The normalized spacial score (nSPS) is 10.3. The summed E-state index contributed by atoms with van der Waals surface area (Å²) in [6.07, 6.45) is 0. The zero-order valence-corrected chi connectivity index (χ0v) is 9.31. The molecule has 0 radical (unpaired) electrons. The fourth-order valence-corrected chi connectivity index (χ4v) is 2.24. The van der Waals surface area contributed by atoms with Gasteiger partial charge in [0, 0.05) is 11.1 Å². The van der Waals surface area contributed by atoms with Gasteiger partial charge in [-0.2, -0.15) is 0 Å². The van der Waals surface area contributed by atoms with Crippen molar-refractivity contribution in [1.29, 1.82) is 0 Å². The third-order valence-corrected chi connectivity index (χ3v) is 3.20. The molecule has 3 N–H and O–H groups in total. The van der Waals surface area contributed by atoms with E-state index in [4.69, 9.17) is 12.2 Å². The number of aromatic nitrogens is 3. The molecule has 2 aromatic rings. The van der Waals surface area contributed by atoms with Crippen molar-refractivity contribution in [2.45, 2.75) is 6.54 Å². The summed E-state index contributed by atoms with van der Waals surface area (Å²) in [4.78, 5) is 13.5. The highest BCUT2D eigenvalue weighted by Crippen LogP contribution is 2.11. The summed E-state index contributed by atoms with van der Waals surface area (Å²) < 4.78 is 0.631. The van der Waals surface area contributed by atoms with Crippen LogP contribution in [0.3, 0.4) is 0 Å². The second-order valence-corrected chi connectivity index (χ2v) is 4.95. The predicted octanol–water partition coefficient (Wildman–Crippen LogP) is 1.56. The van der Waals surface area contributed by atoms with Gasteiger partial charge in [-0.15, -0.1) is 5.10 Å². The molecule has 0 atom stereocenters. The van der Waals surface area contributed by atoms with Crippen molar-refractivity contribution in [3.8, 4) is 0 Å². The van der Waals surface area contributed by atoms with Crippen LogP contribution in [0.2, 0.25) is 0 Å². The minimum Gasteiger partial charge on any atom is -0.355 e. The fourth-order valence-electron chi connectivity index (χ4n) is 0.877. The Morgan fingerprint density at radius 3 is 3.07 bits per heavy atom. The van der Waals surface area contributed by atoms with Crippen molar-refractivity contribution >= 4 is 40.0 Å². The number of anilines is 1. The van der Waals surface area contributed by atoms with E-state index in [1.54, 1.807) is 5.38 Å². The van der Waals surface area contributed by atoms with E-state index in [2.05, 4.69) is 20.5 Å². The van der Waals surface area contributed by atoms with Gasteiger partial charge in [0.25, 0.3) is 0 Å². The van der Waals surface area contributed by atoms with Gasteiger partial charge in [0.2, 0.25) is 5.13 Å². The first-order valence-electron chi connectivity index (χ1n) is 3.70. The monoisotopic (exact) mass is 246 g/mol. The minimum atomic E-state index is -0.0449. The second kappa shape index (κ2) is 4.03. The van der Waals surface area contributed by atoms with E-state index < -0.39 is 0 Å². The highest BCUT2D eigenvalue weighted by molar-refractivity contribution is 7.73. The van der Waals surface area contributed by atoms with Gasteiger partial charge in [-0.05, 0) is 12.2 Å². The van der Waals surface area contributed by atoms with Crippen molar-refractivity contribution in [2.24, 2.45) is 0 Å². The third-order valence-electron chi connectivity index (χ3n) is 1.44. The Kier molecular flexibility index (Phi) is 2.75. The van der Waals surface area contributed by atoms with E-state index in [0.717, 1.165) is 22.2 Å². The molecule has 0 fully saturated rings. The zero-order valence-electron chi connectivity index (χ0n) is 6.86. The number of nitrogens with zero attached hydrogens (tertiary/aromatic N) is 1. The molecule has 0 amide bonds. The van der Waals surface area contributed by atoms with E-state index >= 15 is 0 Å². The molecule has 74 valence electrons. The lowest BCUT2D eigenvalue weighted by molar-refractivity contribution is 1.02. The van der Waals surface area contributed by atoms with Gasteiger partial charge in [0.1, 0.15) is 0 Å². The Morgan fingerprint density at radius 2 is 2.50 bits per heavy atom. The van der Waals surface area contributed by atoms with Crippen LogP contribution in [-0.2, 0) is 6.54 Å². The average molecular weight is 246 g/mol. The van der Waals surface area contributed by atoms with E-state index in [9.17, 15) is 4.79 Å². The summed E-state index contributed by atoms with van der Waals surface area (Å²) in [5, 5.41) is 12.1. The van der Waals surface area contributed by atoms with Crippen molar-refractivity contribution in [3.05, 3.63) is 24.7 Å². The smallest absolute Gasteiger partial charge is 0.304 e. The van der Waals surface area contributed by atoms with Crippen LogP contribution in [0.15, 0.2) is 10.2 Å². The number of thiazole rings is 1. The largest absolute Gasteiger partial charge is 0.355 e. The number of hydrogen-bond donors (Lipinski definition) is 3. The number of hydrogen-bond acceptors (Lipinski definition) is 6. The Bertz CT molecular complexity index is 473. The molecule has 0 bridgehead atoms. The first-order chi connectivity index (χ1) is 6.74. The van der Waals surface area contributed by atoms with Crippen LogP contribution < -0.4 is 10.2 Å². The van der Waals surface area contributed by atoms with Crippen LogP contribution in [0, 0.1) is 3.95 Å². The van der Waals surface area contributed by atoms with Gasteiger partial charge >= 0.3 is 4.87 Å². The fraction of sp³-hybridized carbons (Fsp3) is 0.167.